The minimum atomic E-state index is -0.971. The second-order valence-corrected chi connectivity index (χ2v) is 5.51. The van der Waals surface area contributed by atoms with Crippen molar-refractivity contribution in [2.75, 3.05) is 13.7 Å². The van der Waals surface area contributed by atoms with Crippen LogP contribution in [0.15, 0.2) is 34.9 Å². The molecule has 1 aliphatic heterocycles. The first kappa shape index (κ1) is 18.5. The number of carbonyl (C=O) groups excluding carboxylic acids is 1. The Morgan fingerprint density at radius 2 is 2.20 bits per heavy atom. The Labute approximate surface area is 149 Å². The topological polar surface area (TPSA) is 115 Å². The number of methoxy groups -OCH3 is 1. The first-order valence-electron chi connectivity index (χ1n) is 7.38. The molecule has 1 aromatic rings. The van der Waals surface area contributed by atoms with Crippen molar-refractivity contribution in [3.05, 3.63) is 45.5 Å². The van der Waals surface area contributed by atoms with E-state index >= 15 is 0 Å². The fourth-order valence-electron chi connectivity index (χ4n) is 2.62. The summed E-state index contributed by atoms with van der Waals surface area (Å²) in [5.41, 5.74) is 6.07. The van der Waals surface area contributed by atoms with Crippen molar-refractivity contribution in [1.82, 2.24) is 0 Å². The molecule has 7 nitrogen and oxygen atoms in total. The van der Waals surface area contributed by atoms with Gasteiger partial charge < -0.3 is 25.1 Å². The van der Waals surface area contributed by atoms with Crippen LogP contribution < -0.4 is 10.5 Å². The number of benzene rings is 1. The first-order chi connectivity index (χ1) is 11.9. The third kappa shape index (κ3) is 3.21. The van der Waals surface area contributed by atoms with Gasteiger partial charge in [-0.25, -0.2) is 4.79 Å². The van der Waals surface area contributed by atoms with Gasteiger partial charge in [-0.15, -0.1) is 0 Å². The largest absolute Gasteiger partial charge is 0.506 e. The number of ether oxygens (including phenoxy) is 3. The number of nitrogens with zero attached hydrogens (tertiary/aromatic N) is 1. The summed E-state index contributed by atoms with van der Waals surface area (Å²) in [6, 6.07) is 4.96. The predicted octanol–water partition coefficient (Wildman–Crippen LogP) is 2.70. The van der Waals surface area contributed by atoms with Crippen LogP contribution in [0.1, 0.15) is 25.3 Å². The summed E-state index contributed by atoms with van der Waals surface area (Å²) in [4.78, 5) is 12.4. The minimum Gasteiger partial charge on any atom is -0.506 e. The summed E-state index contributed by atoms with van der Waals surface area (Å²) in [5, 5.41) is 19.9. The molecule has 0 saturated carbocycles. The SMILES string of the molecule is CCOC(=O)C1=C(C)OC(N)=C(C#N)C1c1ccc(OC)c(Cl)c1O. The van der Waals surface area contributed by atoms with Gasteiger partial charge in [0.05, 0.1) is 25.2 Å². The Hall–Kier alpha value is -2.85. The van der Waals surface area contributed by atoms with Crippen LogP contribution in [0.25, 0.3) is 0 Å². The van der Waals surface area contributed by atoms with E-state index in [2.05, 4.69) is 0 Å². The molecule has 0 bridgehead atoms. The molecule has 0 spiro atoms. The van der Waals surface area contributed by atoms with Gasteiger partial charge in [-0.1, -0.05) is 17.7 Å². The lowest BCUT2D eigenvalue weighted by molar-refractivity contribution is -0.139. The average molecular weight is 365 g/mol. The summed E-state index contributed by atoms with van der Waals surface area (Å²) in [5.74, 6) is -1.67. The van der Waals surface area contributed by atoms with Crippen molar-refractivity contribution in [1.29, 1.82) is 5.26 Å². The van der Waals surface area contributed by atoms with E-state index in [4.69, 9.17) is 31.5 Å². The number of hydrogen-bond donors (Lipinski definition) is 2. The maximum Gasteiger partial charge on any atom is 0.338 e. The van der Waals surface area contributed by atoms with Crippen LogP contribution in [0, 0.1) is 11.3 Å². The normalized spacial score (nSPS) is 17.0. The molecular formula is C17H17ClN2O5. The lowest BCUT2D eigenvalue weighted by Gasteiger charge is -2.27. The molecule has 1 heterocycles. The minimum absolute atomic E-state index is 0.0230. The van der Waals surface area contributed by atoms with Crippen molar-refractivity contribution in [3.8, 4) is 17.6 Å². The molecule has 1 unspecified atom stereocenters. The van der Waals surface area contributed by atoms with Gasteiger partial charge in [0, 0.05) is 5.56 Å². The highest BCUT2D eigenvalue weighted by atomic mass is 35.5. The summed E-state index contributed by atoms with van der Waals surface area (Å²) in [6.07, 6.45) is 0. The summed E-state index contributed by atoms with van der Waals surface area (Å²) in [6.45, 7) is 3.32. The van der Waals surface area contributed by atoms with Crippen LogP contribution in [-0.4, -0.2) is 24.8 Å². The van der Waals surface area contributed by atoms with E-state index in [9.17, 15) is 15.2 Å². The van der Waals surface area contributed by atoms with Crippen LogP contribution in [0.2, 0.25) is 5.02 Å². The standard InChI is InChI=1S/C17H17ClN2O5/c1-4-24-17(22)12-8(2)25-16(20)10(7-19)13(12)9-5-6-11(23-3)14(18)15(9)21/h5-6,13,21H,4,20H2,1-3H3. The number of phenols is 1. The maximum absolute atomic E-state index is 12.4. The number of nitriles is 1. The number of phenolic OH excluding ortho intramolecular Hbond substituents is 1. The van der Waals surface area contributed by atoms with Gasteiger partial charge in [-0.2, -0.15) is 5.26 Å². The number of carbonyl (C=O) groups is 1. The molecule has 0 saturated heterocycles. The molecule has 8 heteroatoms. The van der Waals surface area contributed by atoms with Crippen molar-refractivity contribution in [3.63, 3.8) is 0 Å². The summed E-state index contributed by atoms with van der Waals surface area (Å²) in [7, 11) is 1.40. The Morgan fingerprint density at radius 3 is 2.76 bits per heavy atom. The molecule has 1 atom stereocenters. The fourth-order valence-corrected chi connectivity index (χ4v) is 2.87. The molecule has 2 rings (SSSR count). The number of esters is 1. The van der Waals surface area contributed by atoms with E-state index in [1.54, 1.807) is 6.92 Å². The van der Waals surface area contributed by atoms with Gasteiger partial charge >= 0.3 is 5.97 Å². The molecule has 132 valence electrons. The second kappa shape index (κ2) is 7.36. The molecule has 3 N–H and O–H groups in total. The smallest absolute Gasteiger partial charge is 0.338 e. The molecule has 1 aromatic carbocycles. The van der Waals surface area contributed by atoms with Crippen molar-refractivity contribution < 1.29 is 24.1 Å². The zero-order valence-electron chi connectivity index (χ0n) is 13.9. The fraction of sp³-hybridized carbons (Fsp3) is 0.294. The number of halogens is 1. The number of aromatic hydroxyl groups is 1. The zero-order valence-corrected chi connectivity index (χ0v) is 14.7. The zero-order chi connectivity index (χ0) is 18.7. The monoisotopic (exact) mass is 364 g/mol. The Balaban J connectivity index is 2.71. The van der Waals surface area contributed by atoms with Gasteiger partial charge in [-0.3, -0.25) is 0 Å². The Kier molecular flexibility index (Phi) is 5.45. The Bertz CT molecular complexity index is 823. The molecular weight excluding hydrogens is 348 g/mol. The average Bonchev–Trinajstić information content (AvgIpc) is 2.57. The van der Waals surface area contributed by atoms with Crippen LogP contribution in [0.3, 0.4) is 0 Å². The number of nitrogens with two attached hydrogens (primary N) is 1. The lowest BCUT2D eigenvalue weighted by atomic mass is 9.82. The number of rotatable bonds is 4. The van der Waals surface area contributed by atoms with Crippen LogP contribution >= 0.6 is 11.6 Å². The highest BCUT2D eigenvalue weighted by molar-refractivity contribution is 6.33. The second-order valence-electron chi connectivity index (χ2n) is 5.13. The summed E-state index contributed by atoms with van der Waals surface area (Å²) >= 11 is 6.10. The molecule has 0 aliphatic carbocycles. The first-order valence-corrected chi connectivity index (χ1v) is 7.75. The van der Waals surface area contributed by atoms with E-state index in [1.165, 1.54) is 26.2 Å². The highest BCUT2D eigenvalue weighted by Gasteiger charge is 2.38. The molecule has 0 radical (unpaired) electrons. The number of allylic oxidation sites excluding steroid dienone is 2. The maximum atomic E-state index is 12.4. The van der Waals surface area contributed by atoms with E-state index in [0.717, 1.165) is 0 Å². The highest BCUT2D eigenvalue weighted by Crippen LogP contribution is 2.46. The lowest BCUT2D eigenvalue weighted by Crippen LogP contribution is -2.25. The van der Waals surface area contributed by atoms with Gasteiger partial charge in [0.2, 0.25) is 5.88 Å². The van der Waals surface area contributed by atoms with Crippen LogP contribution in [0.4, 0.5) is 0 Å². The van der Waals surface area contributed by atoms with E-state index in [0.29, 0.717) is 0 Å². The molecule has 0 aromatic heterocycles. The Morgan fingerprint density at radius 1 is 1.52 bits per heavy atom. The molecule has 25 heavy (non-hydrogen) atoms. The predicted molar refractivity (Wildman–Crippen MR) is 89.7 cm³/mol. The quantitative estimate of drug-likeness (QED) is 0.789. The third-order valence-corrected chi connectivity index (χ3v) is 4.11. The van der Waals surface area contributed by atoms with Gasteiger partial charge in [0.25, 0.3) is 0 Å². The molecule has 0 amide bonds. The molecule has 0 fully saturated rings. The van der Waals surface area contributed by atoms with Gasteiger partial charge in [-0.05, 0) is 19.9 Å². The van der Waals surface area contributed by atoms with Crippen LogP contribution in [0.5, 0.6) is 11.5 Å². The van der Waals surface area contributed by atoms with Gasteiger partial charge in [0.15, 0.2) is 0 Å². The van der Waals surface area contributed by atoms with Crippen molar-refractivity contribution >= 4 is 17.6 Å². The number of hydrogen-bond acceptors (Lipinski definition) is 7. The van der Waals surface area contributed by atoms with E-state index in [1.807, 2.05) is 6.07 Å². The van der Waals surface area contributed by atoms with Crippen LogP contribution in [-0.2, 0) is 14.3 Å². The molecule has 1 aliphatic rings. The van der Waals surface area contributed by atoms with Crippen molar-refractivity contribution in [2.45, 2.75) is 19.8 Å². The van der Waals surface area contributed by atoms with Gasteiger partial charge in [0.1, 0.15) is 33.9 Å². The van der Waals surface area contributed by atoms with E-state index < -0.39 is 11.9 Å². The van der Waals surface area contributed by atoms with Crippen molar-refractivity contribution in [2.24, 2.45) is 5.73 Å². The third-order valence-electron chi connectivity index (χ3n) is 3.74. The summed E-state index contributed by atoms with van der Waals surface area (Å²) < 4.78 is 15.4. The van der Waals surface area contributed by atoms with E-state index in [-0.39, 0.29) is 51.5 Å².